The molecule has 5 atom stereocenters. The molecule has 1 aliphatic heterocycles. The van der Waals surface area contributed by atoms with Crippen molar-refractivity contribution < 1.29 is 19.3 Å². The van der Waals surface area contributed by atoms with E-state index in [1.54, 1.807) is 13.8 Å². The molecule has 29 heavy (non-hydrogen) atoms. The quantitative estimate of drug-likeness (QED) is 0.349. The molecule has 1 saturated heterocycles. The van der Waals surface area contributed by atoms with E-state index in [0.717, 1.165) is 12.8 Å². The predicted octanol–water partition coefficient (Wildman–Crippen LogP) is 2.57. The van der Waals surface area contributed by atoms with Crippen molar-refractivity contribution >= 4 is 29.2 Å². The van der Waals surface area contributed by atoms with E-state index >= 15 is 0 Å². The molecule has 9 nitrogen and oxygen atoms in total. The molecule has 0 unspecified atom stereocenters. The molecular formula is C20H22N4O5. The number of nitrogens with one attached hydrogen (secondary N) is 2. The standard InChI is InChI=1S/C20H22N4O5/c1-10-9-14(24(28)29)7-8-15(10)22-20(27)21-11(2)23-18(25)16-12-3-4-13(6-5-12)17(16)19(23)26/h3-4,7-9,11-13,16-17H,5-6H2,1-2H3,(H2,21,22,27)/t11-,12+,13+,16-,17+/m1/s1. The van der Waals surface area contributed by atoms with Gasteiger partial charge < -0.3 is 10.6 Å². The van der Waals surface area contributed by atoms with Gasteiger partial charge in [-0.15, -0.1) is 0 Å². The number of anilines is 1. The van der Waals surface area contributed by atoms with Crippen LogP contribution in [0.1, 0.15) is 25.3 Å². The zero-order valence-electron chi connectivity index (χ0n) is 16.1. The summed E-state index contributed by atoms with van der Waals surface area (Å²) >= 11 is 0. The molecule has 4 aliphatic rings. The first-order valence-electron chi connectivity index (χ1n) is 9.65. The lowest BCUT2D eigenvalue weighted by Crippen LogP contribution is -2.50. The second-order valence-electron chi connectivity index (χ2n) is 7.92. The number of likely N-dealkylation sites (tertiary alicyclic amines) is 1. The number of fused-ring (bicyclic) bond motifs is 1. The summed E-state index contributed by atoms with van der Waals surface area (Å²) in [6, 6.07) is 3.51. The Morgan fingerprint density at radius 3 is 2.24 bits per heavy atom. The molecule has 1 aromatic carbocycles. The SMILES string of the molecule is Cc1cc([N+](=O)[O-])ccc1NC(=O)N[C@@H](C)N1C(=O)[C@@H]2[C@H](C1=O)[C@H]1C=C[C@H]2CC1. The van der Waals surface area contributed by atoms with E-state index in [2.05, 4.69) is 10.6 Å². The van der Waals surface area contributed by atoms with Crippen molar-refractivity contribution in [1.82, 2.24) is 10.2 Å². The molecule has 2 bridgehead atoms. The second-order valence-corrected chi connectivity index (χ2v) is 7.92. The number of benzene rings is 1. The first kappa shape index (κ1) is 19.1. The summed E-state index contributed by atoms with van der Waals surface area (Å²) in [5.74, 6) is -0.909. The summed E-state index contributed by atoms with van der Waals surface area (Å²) in [4.78, 5) is 49.7. The number of allylic oxidation sites excluding steroid dienone is 2. The molecule has 2 N–H and O–H groups in total. The van der Waals surface area contributed by atoms with Crippen LogP contribution in [0.2, 0.25) is 0 Å². The molecule has 2 fully saturated rings. The van der Waals surface area contributed by atoms with Crippen molar-refractivity contribution in [2.24, 2.45) is 23.7 Å². The van der Waals surface area contributed by atoms with E-state index in [1.807, 2.05) is 12.2 Å². The van der Waals surface area contributed by atoms with Crippen molar-refractivity contribution in [3.63, 3.8) is 0 Å². The van der Waals surface area contributed by atoms with Gasteiger partial charge in [0.15, 0.2) is 0 Å². The molecule has 0 aromatic heterocycles. The van der Waals surface area contributed by atoms with Crippen LogP contribution in [-0.2, 0) is 9.59 Å². The van der Waals surface area contributed by atoms with E-state index in [4.69, 9.17) is 0 Å². The molecule has 4 amide bonds. The molecular weight excluding hydrogens is 376 g/mol. The zero-order chi connectivity index (χ0) is 20.9. The largest absolute Gasteiger partial charge is 0.320 e. The highest BCUT2D eigenvalue weighted by atomic mass is 16.6. The third-order valence-electron chi connectivity index (χ3n) is 6.19. The van der Waals surface area contributed by atoms with E-state index < -0.39 is 17.1 Å². The minimum absolute atomic E-state index is 0.0686. The van der Waals surface area contributed by atoms with Crippen LogP contribution in [0.15, 0.2) is 30.4 Å². The highest BCUT2D eigenvalue weighted by Gasteiger charge is 2.57. The van der Waals surface area contributed by atoms with Gasteiger partial charge in [-0.05, 0) is 50.2 Å². The Balaban J connectivity index is 1.44. The van der Waals surface area contributed by atoms with E-state index in [-0.39, 0.29) is 41.2 Å². The zero-order valence-corrected chi connectivity index (χ0v) is 16.1. The van der Waals surface area contributed by atoms with Crippen molar-refractivity contribution in [3.8, 4) is 0 Å². The molecule has 0 radical (unpaired) electrons. The molecule has 3 aliphatic carbocycles. The van der Waals surface area contributed by atoms with E-state index in [0.29, 0.717) is 11.3 Å². The fourth-order valence-corrected chi connectivity index (χ4v) is 4.79. The van der Waals surface area contributed by atoms with Gasteiger partial charge in [-0.1, -0.05) is 12.2 Å². The van der Waals surface area contributed by atoms with Gasteiger partial charge in [0.05, 0.1) is 16.8 Å². The second kappa shape index (κ2) is 6.98. The molecule has 5 rings (SSSR count). The average Bonchev–Trinajstić information content (AvgIpc) is 2.97. The minimum Gasteiger partial charge on any atom is -0.317 e. The number of nitrogens with zero attached hydrogens (tertiary/aromatic N) is 2. The number of aryl methyl sites for hydroxylation is 1. The number of hydrogen-bond acceptors (Lipinski definition) is 5. The van der Waals surface area contributed by atoms with Gasteiger partial charge in [0, 0.05) is 17.8 Å². The highest BCUT2D eigenvalue weighted by Crippen LogP contribution is 2.49. The van der Waals surface area contributed by atoms with E-state index in [1.165, 1.54) is 23.1 Å². The number of carbonyl (C=O) groups is 3. The van der Waals surface area contributed by atoms with Crippen molar-refractivity contribution in [2.75, 3.05) is 5.32 Å². The highest BCUT2D eigenvalue weighted by molar-refractivity contribution is 6.06. The molecule has 9 heteroatoms. The Hall–Kier alpha value is -3.23. The van der Waals surface area contributed by atoms with Crippen LogP contribution in [0.3, 0.4) is 0 Å². The molecule has 0 spiro atoms. The smallest absolute Gasteiger partial charge is 0.317 e. The lowest BCUT2D eigenvalue weighted by molar-refractivity contribution is -0.384. The Kier molecular flexibility index (Phi) is 4.60. The number of rotatable bonds is 4. The Labute approximate surface area is 167 Å². The Morgan fingerprint density at radius 2 is 1.76 bits per heavy atom. The molecule has 1 aromatic rings. The number of urea groups is 1. The number of hydrogen-bond donors (Lipinski definition) is 2. The fourth-order valence-electron chi connectivity index (χ4n) is 4.79. The number of amides is 4. The van der Waals surface area contributed by atoms with E-state index in [9.17, 15) is 24.5 Å². The lowest BCUT2D eigenvalue weighted by Gasteiger charge is -2.38. The van der Waals surface area contributed by atoms with Gasteiger partial charge in [0.25, 0.3) is 5.69 Å². The summed E-state index contributed by atoms with van der Waals surface area (Å²) in [6.07, 6.45) is 5.13. The van der Waals surface area contributed by atoms with Crippen LogP contribution in [-0.4, -0.2) is 33.8 Å². The number of nitro benzene ring substituents is 1. The maximum atomic E-state index is 12.9. The summed E-state index contributed by atoms with van der Waals surface area (Å²) in [5, 5.41) is 16.1. The first-order chi connectivity index (χ1) is 13.8. The number of carbonyl (C=O) groups excluding carboxylic acids is 3. The first-order valence-corrected chi connectivity index (χ1v) is 9.65. The molecule has 1 saturated carbocycles. The molecule has 152 valence electrons. The summed E-state index contributed by atoms with van der Waals surface area (Å²) < 4.78 is 0. The number of nitro groups is 1. The third-order valence-corrected chi connectivity index (χ3v) is 6.19. The van der Waals surface area contributed by atoms with Gasteiger partial charge in [0.1, 0.15) is 6.17 Å². The summed E-state index contributed by atoms with van der Waals surface area (Å²) in [7, 11) is 0. The maximum absolute atomic E-state index is 12.9. The topological polar surface area (TPSA) is 122 Å². The van der Waals surface area contributed by atoms with Gasteiger partial charge >= 0.3 is 6.03 Å². The van der Waals surface area contributed by atoms with Crippen LogP contribution in [0.5, 0.6) is 0 Å². The predicted molar refractivity (Wildman–Crippen MR) is 104 cm³/mol. The van der Waals surface area contributed by atoms with Crippen LogP contribution in [0, 0.1) is 40.7 Å². The summed E-state index contributed by atoms with van der Waals surface area (Å²) in [5.41, 5.74) is 0.875. The number of imide groups is 1. The Morgan fingerprint density at radius 1 is 1.17 bits per heavy atom. The van der Waals surface area contributed by atoms with Gasteiger partial charge in [-0.2, -0.15) is 0 Å². The monoisotopic (exact) mass is 398 g/mol. The van der Waals surface area contributed by atoms with Crippen molar-refractivity contribution in [1.29, 1.82) is 0 Å². The van der Waals surface area contributed by atoms with Crippen LogP contribution in [0.25, 0.3) is 0 Å². The van der Waals surface area contributed by atoms with Crippen molar-refractivity contribution in [2.45, 2.75) is 32.9 Å². The van der Waals surface area contributed by atoms with Crippen LogP contribution in [0.4, 0.5) is 16.2 Å². The van der Waals surface area contributed by atoms with Crippen molar-refractivity contribution in [3.05, 3.63) is 46.0 Å². The van der Waals surface area contributed by atoms with Crippen LogP contribution < -0.4 is 10.6 Å². The lowest BCUT2D eigenvalue weighted by atomic mass is 9.63. The summed E-state index contributed by atoms with van der Waals surface area (Å²) in [6.45, 7) is 3.25. The van der Waals surface area contributed by atoms with Crippen LogP contribution >= 0.6 is 0 Å². The maximum Gasteiger partial charge on any atom is 0.320 e. The fraction of sp³-hybridized carbons (Fsp3) is 0.450. The minimum atomic E-state index is -0.793. The molecule has 1 heterocycles. The van der Waals surface area contributed by atoms with Gasteiger partial charge in [-0.25, -0.2) is 4.79 Å². The average molecular weight is 398 g/mol. The van der Waals surface area contributed by atoms with Gasteiger partial charge in [0.2, 0.25) is 11.8 Å². The normalized spacial score (nSPS) is 28.3. The van der Waals surface area contributed by atoms with Gasteiger partial charge in [-0.3, -0.25) is 24.6 Å². The third kappa shape index (κ3) is 3.16. The Bertz CT molecular complexity index is 911. The number of non-ortho nitro benzene ring substituents is 1.